The Morgan fingerprint density at radius 1 is 0.963 bits per heavy atom. The number of halogens is 2. The van der Waals surface area contributed by atoms with Crippen LogP contribution in [0, 0.1) is 6.92 Å². The maximum atomic E-state index is 6.02. The van der Waals surface area contributed by atoms with Crippen LogP contribution in [0.25, 0.3) is 0 Å². The molecule has 27 heavy (non-hydrogen) atoms. The van der Waals surface area contributed by atoms with Crippen molar-refractivity contribution in [1.29, 1.82) is 0 Å². The van der Waals surface area contributed by atoms with Crippen LogP contribution in [-0.4, -0.2) is 12.4 Å². The van der Waals surface area contributed by atoms with E-state index in [0.29, 0.717) is 5.84 Å². The minimum atomic E-state index is 0. The number of aryl methyl sites for hydroxylation is 1. The predicted molar refractivity (Wildman–Crippen MR) is 122 cm³/mol. The molecule has 0 aliphatic rings. The van der Waals surface area contributed by atoms with Gasteiger partial charge in [0.1, 0.15) is 5.84 Å². The highest BCUT2D eigenvalue weighted by Gasteiger charge is 2.00. The Labute approximate surface area is 177 Å². The van der Waals surface area contributed by atoms with Crippen LogP contribution in [0.5, 0.6) is 0 Å². The summed E-state index contributed by atoms with van der Waals surface area (Å²) in [6.07, 6.45) is 0.996. The summed E-state index contributed by atoms with van der Waals surface area (Å²) in [6.45, 7) is 3.97. The van der Waals surface area contributed by atoms with Gasteiger partial charge < -0.3 is 11.1 Å². The Morgan fingerprint density at radius 3 is 2.26 bits per heavy atom. The van der Waals surface area contributed by atoms with Crippen LogP contribution in [0.4, 0.5) is 5.69 Å². The number of amidine groups is 1. The van der Waals surface area contributed by atoms with E-state index >= 15 is 0 Å². The maximum Gasteiger partial charge on any atom is 0.141 e. The smallest absolute Gasteiger partial charge is 0.141 e. The normalized spacial score (nSPS) is 10.8. The molecule has 0 radical (unpaired) electrons. The minimum absolute atomic E-state index is 0. The van der Waals surface area contributed by atoms with Gasteiger partial charge in [0.15, 0.2) is 0 Å². The molecule has 0 bridgehead atoms. The summed E-state index contributed by atoms with van der Waals surface area (Å²) >= 11 is 1.60. The molecule has 3 nitrogen and oxygen atoms in total. The van der Waals surface area contributed by atoms with Crippen molar-refractivity contribution < 1.29 is 0 Å². The summed E-state index contributed by atoms with van der Waals surface area (Å²) in [6, 6.07) is 20.9. The molecule has 0 saturated heterocycles. The molecule has 0 amide bonds. The first-order chi connectivity index (χ1) is 12.2. The second-order valence-corrected chi connectivity index (χ2v) is 7.00. The van der Waals surface area contributed by atoms with E-state index in [0.717, 1.165) is 30.1 Å². The second-order valence-electron chi connectivity index (χ2n) is 6.05. The third kappa shape index (κ3) is 7.35. The van der Waals surface area contributed by atoms with Gasteiger partial charge in [0.2, 0.25) is 0 Å². The van der Waals surface area contributed by atoms with Gasteiger partial charge in [-0.2, -0.15) is 0 Å². The molecule has 1 aromatic heterocycles. The molecule has 3 N–H and O–H groups in total. The van der Waals surface area contributed by atoms with Crippen molar-refractivity contribution in [2.24, 2.45) is 10.7 Å². The molecule has 3 aromatic rings. The Kier molecular flexibility index (Phi) is 10.1. The fourth-order valence-corrected chi connectivity index (χ4v) is 3.15. The summed E-state index contributed by atoms with van der Waals surface area (Å²) in [5.74, 6) is 0.572. The zero-order chi connectivity index (χ0) is 17.5. The molecule has 2 aromatic carbocycles. The highest BCUT2D eigenvalue weighted by Crippen LogP contribution is 2.16. The third-order valence-corrected chi connectivity index (χ3v) is 4.89. The Hall–Kier alpha value is -1.85. The fourth-order valence-electron chi connectivity index (χ4n) is 2.53. The minimum Gasteiger partial charge on any atom is -0.383 e. The SMILES string of the molecule is Cc1ccc(CNCCc2ccc(N=C(N)c3cccs3)cc2)cc1.Cl.Cl. The van der Waals surface area contributed by atoms with Crippen LogP contribution >= 0.6 is 36.2 Å². The zero-order valence-electron chi connectivity index (χ0n) is 15.2. The van der Waals surface area contributed by atoms with Crippen LogP contribution in [0.2, 0.25) is 0 Å². The molecule has 0 unspecified atom stereocenters. The van der Waals surface area contributed by atoms with Crippen LogP contribution in [0.15, 0.2) is 71.0 Å². The molecule has 0 aliphatic heterocycles. The van der Waals surface area contributed by atoms with E-state index in [1.807, 2.05) is 29.6 Å². The first-order valence-electron chi connectivity index (χ1n) is 8.44. The summed E-state index contributed by atoms with van der Waals surface area (Å²) in [5, 5.41) is 5.49. The average molecular weight is 422 g/mol. The number of benzene rings is 2. The molecule has 3 rings (SSSR count). The zero-order valence-corrected chi connectivity index (χ0v) is 17.7. The van der Waals surface area contributed by atoms with Crippen molar-refractivity contribution in [2.75, 3.05) is 6.54 Å². The molecular formula is C21H25Cl2N3S. The number of nitrogens with one attached hydrogen (secondary N) is 1. The van der Waals surface area contributed by atoms with Gasteiger partial charge in [-0.25, -0.2) is 4.99 Å². The number of thiophene rings is 1. The molecule has 144 valence electrons. The predicted octanol–water partition coefficient (Wildman–Crippen LogP) is 5.27. The maximum absolute atomic E-state index is 6.02. The van der Waals surface area contributed by atoms with E-state index in [4.69, 9.17) is 5.73 Å². The van der Waals surface area contributed by atoms with Crippen molar-refractivity contribution in [2.45, 2.75) is 19.9 Å². The van der Waals surface area contributed by atoms with E-state index in [9.17, 15) is 0 Å². The number of aliphatic imine (C=N–C) groups is 1. The summed E-state index contributed by atoms with van der Waals surface area (Å²) < 4.78 is 0. The summed E-state index contributed by atoms with van der Waals surface area (Å²) in [7, 11) is 0. The van der Waals surface area contributed by atoms with E-state index < -0.39 is 0 Å². The third-order valence-electron chi connectivity index (χ3n) is 4.00. The summed E-state index contributed by atoms with van der Waals surface area (Å²) in [4.78, 5) is 5.48. The van der Waals surface area contributed by atoms with Crippen LogP contribution in [0.1, 0.15) is 21.6 Å². The Bertz CT molecular complexity index is 814. The van der Waals surface area contributed by atoms with Crippen molar-refractivity contribution in [3.05, 3.63) is 87.6 Å². The number of hydrogen-bond acceptors (Lipinski definition) is 3. The fraction of sp³-hybridized carbons (Fsp3) is 0.190. The monoisotopic (exact) mass is 421 g/mol. The van der Waals surface area contributed by atoms with E-state index in [2.05, 4.69) is 53.6 Å². The molecular weight excluding hydrogens is 397 g/mol. The van der Waals surface area contributed by atoms with E-state index in [1.165, 1.54) is 16.7 Å². The first-order valence-corrected chi connectivity index (χ1v) is 9.32. The van der Waals surface area contributed by atoms with Crippen molar-refractivity contribution in [1.82, 2.24) is 5.32 Å². The van der Waals surface area contributed by atoms with Gasteiger partial charge in [-0.05, 0) is 54.6 Å². The van der Waals surface area contributed by atoms with Gasteiger partial charge >= 0.3 is 0 Å². The van der Waals surface area contributed by atoms with Crippen LogP contribution < -0.4 is 11.1 Å². The van der Waals surface area contributed by atoms with Gasteiger partial charge in [-0.1, -0.05) is 48.0 Å². The van der Waals surface area contributed by atoms with E-state index in [-0.39, 0.29) is 24.8 Å². The number of rotatable bonds is 7. The largest absolute Gasteiger partial charge is 0.383 e. The molecule has 1 heterocycles. The lowest BCUT2D eigenvalue weighted by atomic mass is 10.1. The molecule has 0 atom stereocenters. The van der Waals surface area contributed by atoms with Crippen molar-refractivity contribution >= 4 is 47.7 Å². The van der Waals surface area contributed by atoms with Crippen LogP contribution in [0.3, 0.4) is 0 Å². The summed E-state index contributed by atoms with van der Waals surface area (Å²) in [5.41, 5.74) is 10.8. The van der Waals surface area contributed by atoms with Gasteiger partial charge in [0, 0.05) is 6.54 Å². The molecule has 0 saturated carbocycles. The van der Waals surface area contributed by atoms with Crippen LogP contribution in [-0.2, 0) is 13.0 Å². The van der Waals surface area contributed by atoms with Gasteiger partial charge in [-0.3, -0.25) is 0 Å². The molecule has 0 fully saturated rings. The first kappa shape index (κ1) is 23.2. The molecule has 0 spiro atoms. The van der Waals surface area contributed by atoms with Gasteiger partial charge in [0.05, 0.1) is 10.6 Å². The highest BCUT2D eigenvalue weighted by molar-refractivity contribution is 7.12. The number of nitrogens with two attached hydrogens (primary N) is 1. The van der Waals surface area contributed by atoms with Crippen molar-refractivity contribution in [3.8, 4) is 0 Å². The molecule has 6 heteroatoms. The second kappa shape index (κ2) is 11.8. The topological polar surface area (TPSA) is 50.4 Å². The quantitative estimate of drug-likeness (QED) is 0.310. The number of hydrogen-bond donors (Lipinski definition) is 2. The van der Waals surface area contributed by atoms with Gasteiger partial charge in [0.25, 0.3) is 0 Å². The molecule has 0 aliphatic carbocycles. The Balaban J connectivity index is 0.00000182. The lowest BCUT2D eigenvalue weighted by molar-refractivity contribution is 0.687. The lowest BCUT2D eigenvalue weighted by Gasteiger charge is -2.06. The average Bonchev–Trinajstić information content (AvgIpc) is 3.16. The van der Waals surface area contributed by atoms with E-state index in [1.54, 1.807) is 11.3 Å². The highest BCUT2D eigenvalue weighted by atomic mass is 35.5. The standard InChI is InChI=1S/C21H23N3S.2ClH/c1-16-4-6-18(7-5-16)15-23-13-12-17-8-10-19(11-9-17)24-21(22)20-3-2-14-25-20;;/h2-11,14,23H,12-13,15H2,1H3,(H2,22,24);2*1H. The van der Waals surface area contributed by atoms with Crippen molar-refractivity contribution in [3.63, 3.8) is 0 Å². The number of nitrogens with zero attached hydrogens (tertiary/aromatic N) is 1. The lowest BCUT2D eigenvalue weighted by Crippen LogP contribution is -2.16. The van der Waals surface area contributed by atoms with Gasteiger partial charge in [-0.15, -0.1) is 36.2 Å². The Morgan fingerprint density at radius 2 is 1.63 bits per heavy atom.